The quantitative estimate of drug-likeness (QED) is 0.651. The Hall–Kier alpha value is -0.810. The maximum atomic E-state index is 12.2. The number of anilines is 1. The van der Waals surface area contributed by atoms with Gasteiger partial charge in [0.25, 0.3) is 5.76 Å². The molecule has 1 N–H and O–H groups in total. The third kappa shape index (κ3) is 4.37. The number of carbonyl (C=O) groups excluding carboxylic acids is 1. The summed E-state index contributed by atoms with van der Waals surface area (Å²) in [5.41, 5.74) is 0.392. The summed E-state index contributed by atoms with van der Waals surface area (Å²) in [6.45, 7) is 0. The third-order valence-corrected chi connectivity index (χ3v) is 2.68. The van der Waals surface area contributed by atoms with Gasteiger partial charge in [0.2, 0.25) is 5.91 Å². The predicted molar refractivity (Wildman–Crippen MR) is 62.3 cm³/mol. The highest BCUT2D eigenvalue weighted by Crippen LogP contribution is 2.31. The highest BCUT2D eigenvalue weighted by atomic mass is 35.5. The summed E-state index contributed by atoms with van der Waals surface area (Å²) in [6, 6.07) is 6.43. The summed E-state index contributed by atoms with van der Waals surface area (Å²) < 4.78 is 24.4. The Labute approximate surface area is 101 Å². The van der Waals surface area contributed by atoms with Gasteiger partial charge in [0.15, 0.2) is 0 Å². The predicted octanol–water partition coefficient (Wildman–Crippen LogP) is 3.57. The number of halogens is 3. The number of benzene rings is 1. The van der Waals surface area contributed by atoms with E-state index >= 15 is 0 Å². The highest BCUT2D eigenvalue weighted by molar-refractivity contribution is 7.99. The highest BCUT2D eigenvalue weighted by Gasteiger charge is 2.11. The van der Waals surface area contributed by atoms with Crippen LogP contribution in [0.4, 0.5) is 14.5 Å². The minimum Gasteiger partial charge on any atom is -0.325 e. The average Bonchev–Trinajstić information content (AvgIpc) is 2.20. The van der Waals surface area contributed by atoms with Crippen molar-refractivity contribution in [3.05, 3.63) is 24.3 Å². The van der Waals surface area contributed by atoms with Gasteiger partial charge in [-0.3, -0.25) is 4.79 Å². The second-order valence-electron chi connectivity index (χ2n) is 2.86. The van der Waals surface area contributed by atoms with Gasteiger partial charge >= 0.3 is 0 Å². The van der Waals surface area contributed by atoms with E-state index in [0.29, 0.717) is 22.3 Å². The molecule has 0 aliphatic heterocycles. The molecule has 0 aliphatic carbocycles. The molecule has 0 heterocycles. The van der Waals surface area contributed by atoms with Crippen LogP contribution >= 0.6 is 23.4 Å². The molecule has 0 radical (unpaired) electrons. The number of amides is 1. The van der Waals surface area contributed by atoms with Crippen molar-refractivity contribution in [3.63, 3.8) is 0 Å². The van der Waals surface area contributed by atoms with Crippen LogP contribution in [0.1, 0.15) is 6.42 Å². The van der Waals surface area contributed by atoms with Crippen molar-refractivity contribution in [2.75, 3.05) is 11.2 Å². The van der Waals surface area contributed by atoms with Gasteiger partial charge in [0.05, 0.1) is 5.69 Å². The normalized spacial score (nSPS) is 10.5. The summed E-state index contributed by atoms with van der Waals surface area (Å²) in [7, 11) is 0. The molecule has 88 valence electrons. The SMILES string of the molecule is O=C(CCCl)Nc1ccccc1SC(F)F. The van der Waals surface area contributed by atoms with Crippen LogP contribution in [0.5, 0.6) is 0 Å². The largest absolute Gasteiger partial charge is 0.325 e. The van der Waals surface area contributed by atoms with Gasteiger partial charge in [-0.15, -0.1) is 11.6 Å². The van der Waals surface area contributed by atoms with E-state index in [1.165, 1.54) is 6.07 Å². The van der Waals surface area contributed by atoms with E-state index in [9.17, 15) is 13.6 Å². The third-order valence-electron chi connectivity index (χ3n) is 1.70. The van der Waals surface area contributed by atoms with E-state index in [1.54, 1.807) is 18.2 Å². The fourth-order valence-electron chi connectivity index (χ4n) is 1.07. The molecule has 0 spiro atoms. The topological polar surface area (TPSA) is 29.1 Å². The van der Waals surface area contributed by atoms with Crippen LogP contribution in [0.15, 0.2) is 29.2 Å². The summed E-state index contributed by atoms with van der Waals surface area (Å²) in [6.07, 6.45) is 0.162. The van der Waals surface area contributed by atoms with Crippen LogP contribution in [0, 0.1) is 0 Å². The number of hydrogen-bond acceptors (Lipinski definition) is 2. The smallest absolute Gasteiger partial charge is 0.288 e. The zero-order chi connectivity index (χ0) is 12.0. The minimum absolute atomic E-state index is 0.162. The molecule has 16 heavy (non-hydrogen) atoms. The van der Waals surface area contributed by atoms with E-state index in [0.717, 1.165) is 0 Å². The molecule has 0 saturated heterocycles. The molecule has 0 saturated carbocycles. The summed E-state index contributed by atoms with van der Waals surface area (Å²) in [5, 5.41) is 2.54. The molecule has 6 heteroatoms. The fraction of sp³-hybridized carbons (Fsp3) is 0.300. The van der Waals surface area contributed by atoms with Gasteiger partial charge in [0.1, 0.15) is 0 Å². The zero-order valence-electron chi connectivity index (χ0n) is 8.25. The van der Waals surface area contributed by atoms with Gasteiger partial charge in [-0.1, -0.05) is 23.9 Å². The van der Waals surface area contributed by atoms with Crippen molar-refractivity contribution in [1.82, 2.24) is 0 Å². The number of hydrogen-bond donors (Lipinski definition) is 1. The maximum Gasteiger partial charge on any atom is 0.288 e. The first-order chi connectivity index (χ1) is 7.63. The average molecular weight is 266 g/mol. The molecule has 1 aromatic rings. The Kier molecular flexibility index (Phi) is 5.55. The van der Waals surface area contributed by atoms with Gasteiger partial charge in [-0.25, -0.2) is 0 Å². The molecule has 1 rings (SSSR count). The first-order valence-electron chi connectivity index (χ1n) is 4.53. The minimum atomic E-state index is -2.51. The zero-order valence-corrected chi connectivity index (χ0v) is 9.82. The maximum absolute atomic E-state index is 12.2. The Balaban J connectivity index is 2.74. The number of para-hydroxylation sites is 1. The van der Waals surface area contributed by atoms with Crippen LogP contribution in [0.2, 0.25) is 0 Å². The lowest BCUT2D eigenvalue weighted by Crippen LogP contribution is -2.12. The molecular formula is C10H10ClF2NOS. The number of nitrogens with one attached hydrogen (secondary N) is 1. The summed E-state index contributed by atoms with van der Waals surface area (Å²) in [5.74, 6) is -2.58. The monoisotopic (exact) mass is 265 g/mol. The Morgan fingerprint density at radius 2 is 2.12 bits per heavy atom. The number of alkyl halides is 3. The first-order valence-corrected chi connectivity index (χ1v) is 5.94. The lowest BCUT2D eigenvalue weighted by atomic mass is 10.3. The molecule has 0 bridgehead atoms. The van der Waals surface area contributed by atoms with E-state index in [1.807, 2.05) is 0 Å². The van der Waals surface area contributed by atoms with Crippen LogP contribution in [-0.4, -0.2) is 17.5 Å². The van der Waals surface area contributed by atoms with Gasteiger partial charge in [0, 0.05) is 17.2 Å². The van der Waals surface area contributed by atoms with Crippen molar-refractivity contribution in [2.24, 2.45) is 0 Å². The van der Waals surface area contributed by atoms with Gasteiger partial charge < -0.3 is 5.32 Å². The van der Waals surface area contributed by atoms with Crippen molar-refractivity contribution < 1.29 is 13.6 Å². The number of rotatable bonds is 5. The van der Waals surface area contributed by atoms with E-state index in [4.69, 9.17) is 11.6 Å². The lowest BCUT2D eigenvalue weighted by molar-refractivity contribution is -0.115. The number of carbonyl (C=O) groups is 1. The molecule has 0 aliphatic rings. The molecule has 0 fully saturated rings. The Morgan fingerprint density at radius 3 is 2.75 bits per heavy atom. The molecular weight excluding hydrogens is 256 g/mol. The Morgan fingerprint density at radius 1 is 1.44 bits per heavy atom. The second-order valence-corrected chi connectivity index (χ2v) is 4.27. The molecule has 0 unspecified atom stereocenters. The van der Waals surface area contributed by atoms with Crippen LogP contribution in [0.25, 0.3) is 0 Å². The second kappa shape index (κ2) is 6.70. The number of thioether (sulfide) groups is 1. The van der Waals surface area contributed by atoms with E-state index in [-0.39, 0.29) is 18.2 Å². The van der Waals surface area contributed by atoms with Crippen molar-refractivity contribution in [2.45, 2.75) is 17.1 Å². The van der Waals surface area contributed by atoms with Crippen LogP contribution < -0.4 is 5.32 Å². The molecule has 1 amide bonds. The van der Waals surface area contributed by atoms with Gasteiger partial charge in [-0.05, 0) is 12.1 Å². The fourth-order valence-corrected chi connectivity index (χ4v) is 1.83. The Bertz CT molecular complexity index is 362. The van der Waals surface area contributed by atoms with Crippen LogP contribution in [0.3, 0.4) is 0 Å². The van der Waals surface area contributed by atoms with E-state index < -0.39 is 5.76 Å². The van der Waals surface area contributed by atoms with Crippen molar-refractivity contribution in [3.8, 4) is 0 Å². The standard InChI is InChI=1S/C10H10ClF2NOS/c11-6-5-9(15)14-7-3-1-2-4-8(7)16-10(12)13/h1-4,10H,5-6H2,(H,14,15). The van der Waals surface area contributed by atoms with Crippen LogP contribution in [-0.2, 0) is 4.79 Å². The first kappa shape index (κ1) is 13.3. The molecule has 1 aromatic carbocycles. The molecule has 0 atom stereocenters. The molecule has 0 aromatic heterocycles. The van der Waals surface area contributed by atoms with Crippen molar-refractivity contribution >= 4 is 35.0 Å². The summed E-state index contributed by atoms with van der Waals surface area (Å²) >= 11 is 5.80. The molecule has 2 nitrogen and oxygen atoms in total. The van der Waals surface area contributed by atoms with Gasteiger partial charge in [-0.2, -0.15) is 8.78 Å². The summed E-state index contributed by atoms with van der Waals surface area (Å²) in [4.78, 5) is 11.6. The lowest BCUT2D eigenvalue weighted by Gasteiger charge is -2.09. The van der Waals surface area contributed by atoms with E-state index in [2.05, 4.69) is 5.32 Å². The van der Waals surface area contributed by atoms with Crippen molar-refractivity contribution in [1.29, 1.82) is 0 Å².